The van der Waals surface area contributed by atoms with Gasteiger partial charge in [0, 0.05) is 23.9 Å². The summed E-state index contributed by atoms with van der Waals surface area (Å²) in [5.41, 5.74) is 4.13. The topological polar surface area (TPSA) is 79.9 Å². The smallest absolute Gasteiger partial charge is 0.262 e. The lowest BCUT2D eigenvalue weighted by Crippen LogP contribution is -2.24. The van der Waals surface area contributed by atoms with Crippen molar-refractivity contribution in [3.05, 3.63) is 84.1 Å². The van der Waals surface area contributed by atoms with Gasteiger partial charge in [0.25, 0.3) is 5.91 Å². The van der Waals surface area contributed by atoms with Gasteiger partial charge in [0.05, 0.1) is 12.3 Å². The van der Waals surface area contributed by atoms with E-state index in [0.29, 0.717) is 17.9 Å². The fourth-order valence-electron chi connectivity index (χ4n) is 3.31. The van der Waals surface area contributed by atoms with E-state index in [1.807, 2.05) is 67.7 Å². The molecular formula is C27H28N4O2. The van der Waals surface area contributed by atoms with E-state index < -0.39 is 5.91 Å². The first kappa shape index (κ1) is 23.6. The van der Waals surface area contributed by atoms with Crippen molar-refractivity contribution < 1.29 is 9.53 Å². The molecule has 3 aromatic rings. The number of para-hydroxylation sites is 1. The van der Waals surface area contributed by atoms with Crippen LogP contribution in [0.2, 0.25) is 0 Å². The Morgan fingerprint density at radius 2 is 2.06 bits per heavy atom. The highest BCUT2D eigenvalue weighted by atomic mass is 16.5. The summed E-state index contributed by atoms with van der Waals surface area (Å²) in [6, 6.07) is 17.6. The molecular weight excluding hydrogens is 412 g/mol. The molecule has 0 unspecified atom stereocenters. The minimum atomic E-state index is -0.452. The van der Waals surface area contributed by atoms with Crippen molar-refractivity contribution in [1.82, 2.24) is 15.1 Å². The quantitative estimate of drug-likeness (QED) is 0.202. The Kier molecular flexibility index (Phi) is 8.20. The molecule has 0 atom stereocenters. The summed E-state index contributed by atoms with van der Waals surface area (Å²) < 4.78 is 7.59. The zero-order chi connectivity index (χ0) is 23.6. The molecule has 0 radical (unpaired) electrons. The summed E-state index contributed by atoms with van der Waals surface area (Å²) in [5, 5.41) is 17.0. The average Bonchev–Trinajstić information content (AvgIpc) is 3.25. The number of hydrogen-bond acceptors (Lipinski definition) is 4. The van der Waals surface area contributed by atoms with Gasteiger partial charge >= 0.3 is 0 Å². The van der Waals surface area contributed by atoms with Crippen molar-refractivity contribution in [2.45, 2.75) is 26.7 Å². The average molecular weight is 441 g/mol. The second kappa shape index (κ2) is 11.5. The van der Waals surface area contributed by atoms with E-state index in [4.69, 9.17) is 9.84 Å². The number of rotatable bonds is 10. The van der Waals surface area contributed by atoms with Crippen LogP contribution in [-0.2, 0) is 4.79 Å². The zero-order valence-electron chi connectivity index (χ0n) is 19.0. The van der Waals surface area contributed by atoms with E-state index in [9.17, 15) is 10.1 Å². The minimum Gasteiger partial charge on any atom is -0.494 e. The van der Waals surface area contributed by atoms with E-state index in [1.165, 1.54) is 0 Å². The molecule has 33 heavy (non-hydrogen) atoms. The Labute approximate surface area is 194 Å². The van der Waals surface area contributed by atoms with E-state index in [-0.39, 0.29) is 12.1 Å². The highest BCUT2D eigenvalue weighted by molar-refractivity contribution is 6.02. The Morgan fingerprint density at radius 1 is 1.27 bits per heavy atom. The molecule has 3 rings (SSSR count). The monoisotopic (exact) mass is 440 g/mol. The molecule has 0 saturated heterocycles. The van der Waals surface area contributed by atoms with E-state index in [2.05, 4.69) is 18.8 Å². The van der Waals surface area contributed by atoms with Crippen LogP contribution in [0.15, 0.2) is 73.0 Å². The SMILES string of the molecule is C=CCNC(=O)/C(C#N)=C\c1cn(-c2ccccc2)nc1-c1ccc(OCCCC)cc1C. The van der Waals surface area contributed by atoms with Crippen LogP contribution >= 0.6 is 0 Å². The molecule has 0 aliphatic carbocycles. The molecule has 1 aromatic heterocycles. The molecule has 168 valence electrons. The highest BCUT2D eigenvalue weighted by Gasteiger charge is 2.16. The molecule has 6 nitrogen and oxygen atoms in total. The van der Waals surface area contributed by atoms with Gasteiger partial charge in [0.1, 0.15) is 23.1 Å². The van der Waals surface area contributed by atoms with Crippen molar-refractivity contribution in [3.63, 3.8) is 0 Å². The van der Waals surface area contributed by atoms with Crippen LogP contribution in [0.1, 0.15) is 30.9 Å². The van der Waals surface area contributed by atoms with Gasteiger partial charge < -0.3 is 10.1 Å². The van der Waals surface area contributed by atoms with Crippen LogP contribution in [0.4, 0.5) is 0 Å². The van der Waals surface area contributed by atoms with Crippen molar-refractivity contribution in [2.24, 2.45) is 0 Å². The first-order chi connectivity index (χ1) is 16.1. The zero-order valence-corrected chi connectivity index (χ0v) is 19.0. The van der Waals surface area contributed by atoms with E-state index in [0.717, 1.165) is 35.4 Å². The number of benzene rings is 2. The maximum absolute atomic E-state index is 12.4. The maximum Gasteiger partial charge on any atom is 0.262 e. The Balaban J connectivity index is 2.05. The number of nitriles is 1. The third kappa shape index (κ3) is 5.98. The highest BCUT2D eigenvalue weighted by Crippen LogP contribution is 2.30. The summed E-state index contributed by atoms with van der Waals surface area (Å²) in [6.45, 7) is 8.68. The Hall–Kier alpha value is -4.11. The van der Waals surface area contributed by atoms with Gasteiger partial charge in [-0.25, -0.2) is 4.68 Å². The number of aryl methyl sites for hydroxylation is 1. The van der Waals surface area contributed by atoms with Crippen molar-refractivity contribution in [2.75, 3.05) is 13.2 Å². The van der Waals surface area contributed by atoms with Gasteiger partial charge in [-0.2, -0.15) is 10.4 Å². The number of nitrogens with one attached hydrogen (secondary N) is 1. The second-order valence-electron chi connectivity index (χ2n) is 7.56. The Morgan fingerprint density at radius 3 is 2.73 bits per heavy atom. The number of aromatic nitrogens is 2. The first-order valence-corrected chi connectivity index (χ1v) is 11.0. The van der Waals surface area contributed by atoms with Gasteiger partial charge in [-0.15, -0.1) is 6.58 Å². The van der Waals surface area contributed by atoms with Crippen molar-refractivity contribution in [1.29, 1.82) is 5.26 Å². The number of carbonyl (C=O) groups excluding carboxylic acids is 1. The maximum atomic E-state index is 12.4. The number of amides is 1. The molecule has 0 bridgehead atoms. The molecule has 2 aromatic carbocycles. The summed E-state index contributed by atoms with van der Waals surface area (Å²) >= 11 is 0. The molecule has 0 aliphatic rings. The van der Waals surface area contributed by atoms with Crippen LogP contribution in [0.3, 0.4) is 0 Å². The second-order valence-corrected chi connectivity index (χ2v) is 7.56. The molecule has 0 saturated carbocycles. The van der Waals surface area contributed by atoms with Crippen LogP contribution in [0.5, 0.6) is 5.75 Å². The summed E-state index contributed by atoms with van der Waals surface area (Å²) in [5.74, 6) is 0.359. The minimum absolute atomic E-state index is 0.00267. The van der Waals surface area contributed by atoms with Crippen molar-refractivity contribution in [3.8, 4) is 28.8 Å². The van der Waals surface area contributed by atoms with Crippen LogP contribution < -0.4 is 10.1 Å². The van der Waals surface area contributed by atoms with Gasteiger partial charge in [-0.1, -0.05) is 37.6 Å². The molecule has 1 heterocycles. The number of hydrogen-bond donors (Lipinski definition) is 1. The van der Waals surface area contributed by atoms with Gasteiger partial charge in [0.2, 0.25) is 0 Å². The molecule has 0 fully saturated rings. The first-order valence-electron chi connectivity index (χ1n) is 11.0. The number of nitrogens with zero attached hydrogens (tertiary/aromatic N) is 3. The fraction of sp³-hybridized carbons (Fsp3) is 0.222. The number of unbranched alkanes of at least 4 members (excludes halogenated alkanes) is 1. The number of ether oxygens (including phenoxy) is 1. The lowest BCUT2D eigenvalue weighted by molar-refractivity contribution is -0.116. The summed E-state index contributed by atoms with van der Waals surface area (Å²) in [7, 11) is 0. The van der Waals surface area contributed by atoms with Crippen LogP contribution in [-0.4, -0.2) is 28.8 Å². The van der Waals surface area contributed by atoms with Crippen LogP contribution in [0.25, 0.3) is 23.0 Å². The fourth-order valence-corrected chi connectivity index (χ4v) is 3.31. The third-order valence-corrected chi connectivity index (χ3v) is 5.05. The van der Waals surface area contributed by atoms with Gasteiger partial charge in [-0.05, 0) is 55.3 Å². The van der Waals surface area contributed by atoms with Crippen LogP contribution in [0, 0.1) is 18.3 Å². The van der Waals surface area contributed by atoms with Crippen molar-refractivity contribution >= 4 is 12.0 Å². The van der Waals surface area contributed by atoms with Gasteiger partial charge in [-0.3, -0.25) is 4.79 Å². The molecule has 1 N–H and O–H groups in total. The summed E-state index contributed by atoms with van der Waals surface area (Å²) in [6.07, 6.45) is 7.05. The number of carbonyl (C=O) groups is 1. The Bertz CT molecular complexity index is 1190. The summed E-state index contributed by atoms with van der Waals surface area (Å²) in [4.78, 5) is 12.4. The predicted octanol–water partition coefficient (Wildman–Crippen LogP) is 5.24. The van der Waals surface area contributed by atoms with Gasteiger partial charge in [0.15, 0.2) is 0 Å². The normalized spacial score (nSPS) is 11.0. The molecule has 1 amide bonds. The molecule has 0 spiro atoms. The molecule has 6 heteroatoms. The standard InChI is InChI=1S/C27H28N4O2/c1-4-6-15-33-24-12-13-25(20(3)16-24)26-22(17-21(18-28)27(32)29-14-5-2)19-31(30-26)23-10-8-7-9-11-23/h5,7-13,16-17,19H,2,4,6,14-15H2,1,3H3,(H,29,32)/b21-17-. The lowest BCUT2D eigenvalue weighted by Gasteiger charge is -2.09. The third-order valence-electron chi connectivity index (χ3n) is 5.05. The van der Waals surface area contributed by atoms with E-state index >= 15 is 0 Å². The van der Waals surface area contributed by atoms with E-state index in [1.54, 1.807) is 16.8 Å². The molecule has 0 aliphatic heterocycles. The lowest BCUT2D eigenvalue weighted by atomic mass is 10.0. The predicted molar refractivity (Wildman–Crippen MR) is 131 cm³/mol. The largest absolute Gasteiger partial charge is 0.494 e.